The minimum atomic E-state index is -3.35. The van der Waals surface area contributed by atoms with E-state index in [0.717, 1.165) is 0 Å². The standard InChI is InChI=1S/C19H15F2N3O4S/c20-12-5-7-13(8-6-12)24-19(14-10-29(26,27)11-16(14)23-24)22-18(25)9-28-17-4-2-1-3-15(17)21/h1-8H,9-11H2,(H,22,25). The summed E-state index contributed by atoms with van der Waals surface area (Å²) in [6.07, 6.45) is 0. The molecule has 0 bridgehead atoms. The van der Waals surface area contributed by atoms with E-state index in [1.54, 1.807) is 6.07 Å². The highest BCUT2D eigenvalue weighted by molar-refractivity contribution is 7.90. The van der Waals surface area contributed by atoms with E-state index in [0.29, 0.717) is 16.9 Å². The first-order chi connectivity index (χ1) is 13.8. The van der Waals surface area contributed by atoms with Crippen molar-refractivity contribution in [2.24, 2.45) is 0 Å². The first kappa shape index (κ1) is 19.1. The van der Waals surface area contributed by atoms with Gasteiger partial charge in [-0.25, -0.2) is 21.9 Å². The fraction of sp³-hybridized carbons (Fsp3) is 0.158. The molecule has 7 nitrogen and oxygen atoms in total. The zero-order valence-corrected chi connectivity index (χ0v) is 15.7. The molecule has 1 N–H and O–H groups in total. The predicted octanol–water partition coefficient (Wildman–Crippen LogP) is 2.60. The zero-order valence-electron chi connectivity index (χ0n) is 14.9. The zero-order chi connectivity index (χ0) is 20.6. The second kappa shape index (κ2) is 7.28. The van der Waals surface area contributed by atoms with Crippen LogP contribution in [0.25, 0.3) is 5.69 Å². The quantitative estimate of drug-likeness (QED) is 0.687. The van der Waals surface area contributed by atoms with E-state index in [1.807, 2.05) is 0 Å². The van der Waals surface area contributed by atoms with Gasteiger partial charge >= 0.3 is 0 Å². The number of para-hydroxylation sites is 1. The number of hydrogen-bond acceptors (Lipinski definition) is 5. The summed E-state index contributed by atoms with van der Waals surface area (Å²) in [5.74, 6) is -2.11. The number of ether oxygens (including phenoxy) is 1. The van der Waals surface area contributed by atoms with Crippen LogP contribution in [0.2, 0.25) is 0 Å². The summed E-state index contributed by atoms with van der Waals surface area (Å²) in [6, 6.07) is 11.0. The van der Waals surface area contributed by atoms with Gasteiger partial charge in [0, 0.05) is 5.56 Å². The molecule has 2 aromatic carbocycles. The van der Waals surface area contributed by atoms with E-state index in [9.17, 15) is 22.0 Å². The monoisotopic (exact) mass is 419 g/mol. The van der Waals surface area contributed by atoms with Gasteiger partial charge in [-0.2, -0.15) is 5.10 Å². The predicted molar refractivity (Wildman–Crippen MR) is 100 cm³/mol. The second-order valence-corrected chi connectivity index (χ2v) is 8.53. The highest BCUT2D eigenvalue weighted by Crippen LogP contribution is 2.33. The first-order valence-electron chi connectivity index (χ1n) is 8.57. The van der Waals surface area contributed by atoms with E-state index < -0.39 is 34.0 Å². The van der Waals surface area contributed by atoms with Crippen molar-refractivity contribution in [3.63, 3.8) is 0 Å². The van der Waals surface area contributed by atoms with E-state index in [1.165, 1.54) is 47.1 Å². The summed E-state index contributed by atoms with van der Waals surface area (Å²) in [5, 5.41) is 6.86. The van der Waals surface area contributed by atoms with Gasteiger partial charge in [-0.3, -0.25) is 4.79 Å². The number of sulfone groups is 1. The van der Waals surface area contributed by atoms with Crippen molar-refractivity contribution in [3.05, 3.63) is 71.4 Å². The van der Waals surface area contributed by atoms with Crippen LogP contribution in [0.4, 0.5) is 14.6 Å². The molecule has 1 amide bonds. The molecule has 0 atom stereocenters. The van der Waals surface area contributed by atoms with Crippen LogP contribution >= 0.6 is 0 Å². The number of nitrogens with one attached hydrogen (secondary N) is 1. The topological polar surface area (TPSA) is 90.3 Å². The lowest BCUT2D eigenvalue weighted by molar-refractivity contribution is -0.118. The van der Waals surface area contributed by atoms with Gasteiger partial charge < -0.3 is 10.1 Å². The minimum Gasteiger partial charge on any atom is -0.481 e. The lowest BCUT2D eigenvalue weighted by Gasteiger charge is -2.12. The van der Waals surface area contributed by atoms with E-state index >= 15 is 0 Å². The second-order valence-electron chi connectivity index (χ2n) is 6.46. The molecule has 0 radical (unpaired) electrons. The number of rotatable bonds is 5. The molecule has 2 heterocycles. The van der Waals surface area contributed by atoms with Crippen molar-refractivity contribution in [1.82, 2.24) is 9.78 Å². The van der Waals surface area contributed by atoms with Crippen LogP contribution < -0.4 is 10.1 Å². The Morgan fingerprint density at radius 2 is 1.83 bits per heavy atom. The number of fused-ring (bicyclic) bond motifs is 1. The van der Waals surface area contributed by atoms with Crippen molar-refractivity contribution >= 4 is 21.6 Å². The van der Waals surface area contributed by atoms with Crippen LogP contribution in [0, 0.1) is 11.6 Å². The average molecular weight is 419 g/mol. The molecule has 1 aliphatic rings. The Labute approximate surface area is 164 Å². The number of halogens is 2. The van der Waals surface area contributed by atoms with Crippen LogP contribution in [0.5, 0.6) is 5.75 Å². The molecule has 4 rings (SSSR count). The van der Waals surface area contributed by atoms with Crippen LogP contribution in [0.1, 0.15) is 11.3 Å². The van der Waals surface area contributed by atoms with Crippen molar-refractivity contribution in [2.75, 3.05) is 11.9 Å². The highest BCUT2D eigenvalue weighted by atomic mass is 32.2. The fourth-order valence-corrected chi connectivity index (χ4v) is 4.51. The van der Waals surface area contributed by atoms with Gasteiger partial charge in [0.15, 0.2) is 28.0 Å². The molecule has 1 aromatic heterocycles. The Bertz CT molecular complexity index is 1190. The van der Waals surface area contributed by atoms with Gasteiger partial charge in [-0.1, -0.05) is 12.1 Å². The number of anilines is 1. The summed E-state index contributed by atoms with van der Waals surface area (Å²) < 4.78 is 57.3. The Morgan fingerprint density at radius 3 is 2.55 bits per heavy atom. The molecule has 10 heteroatoms. The van der Waals surface area contributed by atoms with Crippen molar-refractivity contribution in [3.8, 4) is 11.4 Å². The third-order valence-corrected chi connectivity index (χ3v) is 5.75. The number of benzene rings is 2. The number of carbonyl (C=O) groups excluding carboxylic acids is 1. The maximum absolute atomic E-state index is 13.6. The smallest absolute Gasteiger partial charge is 0.263 e. The Kier molecular flexibility index (Phi) is 4.79. The fourth-order valence-electron chi connectivity index (χ4n) is 3.01. The third-order valence-electron chi connectivity index (χ3n) is 4.31. The van der Waals surface area contributed by atoms with Crippen molar-refractivity contribution in [1.29, 1.82) is 0 Å². The van der Waals surface area contributed by atoms with Crippen LogP contribution in [-0.2, 0) is 26.1 Å². The van der Waals surface area contributed by atoms with Gasteiger partial charge in [-0.15, -0.1) is 0 Å². The Morgan fingerprint density at radius 1 is 1.10 bits per heavy atom. The van der Waals surface area contributed by atoms with Gasteiger partial charge in [0.25, 0.3) is 5.91 Å². The largest absolute Gasteiger partial charge is 0.481 e. The third kappa shape index (κ3) is 3.97. The van der Waals surface area contributed by atoms with Crippen LogP contribution in [0.3, 0.4) is 0 Å². The Hall–Kier alpha value is -3.27. The molecule has 29 heavy (non-hydrogen) atoms. The van der Waals surface area contributed by atoms with E-state index in [-0.39, 0.29) is 23.1 Å². The lowest BCUT2D eigenvalue weighted by atomic mass is 10.2. The number of nitrogens with zero attached hydrogens (tertiary/aromatic N) is 2. The van der Waals surface area contributed by atoms with E-state index in [2.05, 4.69) is 10.4 Å². The molecule has 3 aromatic rings. The summed E-state index contributed by atoms with van der Waals surface area (Å²) >= 11 is 0. The van der Waals surface area contributed by atoms with Crippen LogP contribution in [0.15, 0.2) is 48.5 Å². The first-order valence-corrected chi connectivity index (χ1v) is 10.4. The molecule has 0 saturated heterocycles. The maximum Gasteiger partial charge on any atom is 0.263 e. The number of carbonyl (C=O) groups is 1. The van der Waals surface area contributed by atoms with E-state index in [4.69, 9.17) is 4.74 Å². The van der Waals surface area contributed by atoms with Crippen molar-refractivity contribution in [2.45, 2.75) is 11.5 Å². The number of amides is 1. The van der Waals surface area contributed by atoms with Gasteiger partial charge in [-0.05, 0) is 36.4 Å². The number of hydrogen-bond donors (Lipinski definition) is 1. The van der Waals surface area contributed by atoms with Gasteiger partial charge in [0.1, 0.15) is 11.6 Å². The SMILES string of the molecule is O=C(COc1ccccc1F)Nc1c2c(nn1-c1ccc(F)cc1)CS(=O)(=O)C2. The maximum atomic E-state index is 13.6. The Balaban J connectivity index is 1.61. The summed E-state index contributed by atoms with van der Waals surface area (Å²) in [4.78, 5) is 12.4. The molecule has 0 saturated carbocycles. The number of aromatic nitrogens is 2. The molecular formula is C19H15F2N3O4S. The average Bonchev–Trinajstić information content (AvgIpc) is 3.14. The molecule has 1 aliphatic heterocycles. The summed E-state index contributed by atoms with van der Waals surface area (Å²) in [5.41, 5.74) is 1.14. The molecule has 0 spiro atoms. The minimum absolute atomic E-state index is 0.0810. The molecule has 0 unspecified atom stereocenters. The lowest BCUT2D eigenvalue weighted by Crippen LogP contribution is -2.23. The van der Waals surface area contributed by atoms with Crippen molar-refractivity contribution < 1.29 is 26.7 Å². The van der Waals surface area contributed by atoms with Crippen LogP contribution in [-0.4, -0.2) is 30.7 Å². The summed E-state index contributed by atoms with van der Waals surface area (Å²) in [6.45, 7) is -0.489. The summed E-state index contributed by atoms with van der Waals surface area (Å²) in [7, 11) is -3.35. The molecular weight excluding hydrogens is 404 g/mol. The normalized spacial score (nSPS) is 14.4. The van der Waals surface area contributed by atoms with Gasteiger partial charge in [0.05, 0.1) is 22.9 Å². The molecule has 150 valence electrons. The molecule has 0 aliphatic carbocycles. The highest BCUT2D eigenvalue weighted by Gasteiger charge is 2.33. The van der Waals surface area contributed by atoms with Gasteiger partial charge in [0.2, 0.25) is 0 Å². The molecule has 0 fully saturated rings.